The highest BCUT2D eigenvalue weighted by molar-refractivity contribution is 7.89. The van der Waals surface area contributed by atoms with Gasteiger partial charge >= 0.3 is 0 Å². The van der Waals surface area contributed by atoms with Crippen molar-refractivity contribution >= 4 is 10.0 Å². The Balaban J connectivity index is 2.82. The van der Waals surface area contributed by atoms with Crippen LogP contribution >= 0.6 is 0 Å². The third kappa shape index (κ3) is 1.73. The van der Waals surface area contributed by atoms with Crippen LogP contribution in [0, 0.1) is 11.3 Å². The Bertz CT molecular complexity index is 245. The van der Waals surface area contributed by atoms with E-state index in [-0.39, 0.29) is 11.2 Å². The van der Waals surface area contributed by atoms with Gasteiger partial charge in [-0.2, -0.15) is 0 Å². The Morgan fingerprint density at radius 1 is 1.45 bits per heavy atom. The van der Waals surface area contributed by atoms with Crippen LogP contribution in [0.25, 0.3) is 0 Å². The summed E-state index contributed by atoms with van der Waals surface area (Å²) in [5.74, 6) is 0.685. The molecule has 66 valence electrons. The summed E-state index contributed by atoms with van der Waals surface area (Å²) in [5, 5.41) is 0. The zero-order valence-corrected chi connectivity index (χ0v) is 8.03. The quantitative estimate of drug-likeness (QED) is 0.637. The maximum Gasteiger partial charge on any atom is 0.212 e. The molecule has 1 heterocycles. The van der Waals surface area contributed by atoms with Gasteiger partial charge in [-0.3, -0.25) is 0 Å². The maximum atomic E-state index is 11.0. The molecule has 0 aromatic heterocycles. The third-order valence-corrected chi connectivity index (χ3v) is 4.23. The summed E-state index contributed by atoms with van der Waals surface area (Å²) in [6.45, 7) is 6.72. The molecule has 0 radical (unpaired) electrons. The molecule has 1 atom stereocenters. The van der Waals surface area contributed by atoms with Crippen molar-refractivity contribution in [2.45, 2.75) is 20.8 Å². The maximum absolute atomic E-state index is 11.0. The minimum atomic E-state index is -2.95. The molecular formula is C7H15NO2S. The minimum Gasteiger partial charge on any atom is -0.215 e. The van der Waals surface area contributed by atoms with Gasteiger partial charge in [0.1, 0.15) is 0 Å². The second-order valence-corrected chi connectivity index (χ2v) is 5.70. The Morgan fingerprint density at radius 2 is 2.00 bits per heavy atom. The summed E-state index contributed by atoms with van der Waals surface area (Å²) in [7, 11) is -2.95. The van der Waals surface area contributed by atoms with Crippen molar-refractivity contribution in [3.63, 3.8) is 0 Å². The summed E-state index contributed by atoms with van der Waals surface area (Å²) < 4.78 is 24.6. The van der Waals surface area contributed by atoms with E-state index in [9.17, 15) is 8.42 Å². The molecule has 1 unspecified atom stereocenters. The van der Waals surface area contributed by atoms with Gasteiger partial charge < -0.3 is 0 Å². The van der Waals surface area contributed by atoms with Crippen molar-refractivity contribution in [2.75, 3.05) is 12.3 Å². The van der Waals surface area contributed by atoms with Gasteiger partial charge in [0, 0.05) is 6.54 Å². The molecule has 1 fully saturated rings. The zero-order valence-electron chi connectivity index (χ0n) is 7.22. The van der Waals surface area contributed by atoms with Gasteiger partial charge in [0.15, 0.2) is 0 Å². The van der Waals surface area contributed by atoms with Crippen LogP contribution in [0.4, 0.5) is 0 Å². The predicted octanol–water partition coefficient (Wildman–Crippen LogP) is 0.582. The lowest BCUT2D eigenvalue weighted by molar-refractivity contribution is 0.274. The van der Waals surface area contributed by atoms with Crippen molar-refractivity contribution in [1.82, 2.24) is 4.72 Å². The second-order valence-electron chi connectivity index (χ2n) is 3.89. The molecule has 3 nitrogen and oxygen atoms in total. The standard InChI is InChI=1S/C7H15NO2S/c1-6(2)7(3)4-8-11(9,10)5-7/h6,8H,4-5H2,1-3H3. The molecule has 1 rings (SSSR count). The molecule has 0 aromatic carbocycles. The van der Waals surface area contributed by atoms with E-state index >= 15 is 0 Å². The molecule has 0 bridgehead atoms. The highest BCUT2D eigenvalue weighted by Crippen LogP contribution is 2.31. The van der Waals surface area contributed by atoms with E-state index in [1.165, 1.54) is 0 Å². The van der Waals surface area contributed by atoms with Crippen LogP contribution in [-0.2, 0) is 10.0 Å². The topological polar surface area (TPSA) is 46.2 Å². The van der Waals surface area contributed by atoms with Gasteiger partial charge in [-0.1, -0.05) is 20.8 Å². The highest BCUT2D eigenvalue weighted by Gasteiger charge is 2.40. The Kier molecular flexibility index (Phi) is 2.01. The fourth-order valence-corrected chi connectivity index (χ4v) is 3.14. The number of hydrogen-bond acceptors (Lipinski definition) is 2. The smallest absolute Gasteiger partial charge is 0.212 e. The average Bonchev–Trinajstić information content (AvgIpc) is 2.08. The average molecular weight is 177 g/mol. The van der Waals surface area contributed by atoms with Crippen LogP contribution in [-0.4, -0.2) is 20.7 Å². The van der Waals surface area contributed by atoms with Crippen LogP contribution in [0.3, 0.4) is 0 Å². The number of hydrogen-bond donors (Lipinski definition) is 1. The van der Waals surface area contributed by atoms with Crippen molar-refractivity contribution in [3.8, 4) is 0 Å². The van der Waals surface area contributed by atoms with E-state index in [0.29, 0.717) is 12.5 Å². The number of rotatable bonds is 1. The Labute approximate surface area is 68.2 Å². The summed E-state index contributed by atoms with van der Waals surface area (Å²) in [4.78, 5) is 0. The molecule has 1 N–H and O–H groups in total. The van der Waals surface area contributed by atoms with Gasteiger partial charge in [0.25, 0.3) is 0 Å². The Morgan fingerprint density at radius 3 is 2.18 bits per heavy atom. The molecular weight excluding hydrogens is 162 g/mol. The van der Waals surface area contributed by atoms with E-state index in [2.05, 4.69) is 18.6 Å². The first-order chi connectivity index (χ1) is 4.86. The largest absolute Gasteiger partial charge is 0.215 e. The summed E-state index contributed by atoms with van der Waals surface area (Å²) >= 11 is 0. The van der Waals surface area contributed by atoms with Crippen molar-refractivity contribution in [3.05, 3.63) is 0 Å². The lowest BCUT2D eigenvalue weighted by Crippen LogP contribution is -2.28. The van der Waals surface area contributed by atoms with Crippen LogP contribution in [0.15, 0.2) is 0 Å². The monoisotopic (exact) mass is 177 g/mol. The van der Waals surface area contributed by atoms with Gasteiger partial charge in [-0.05, 0) is 11.3 Å². The van der Waals surface area contributed by atoms with Crippen molar-refractivity contribution in [1.29, 1.82) is 0 Å². The molecule has 0 aromatic rings. The molecule has 11 heavy (non-hydrogen) atoms. The number of nitrogens with one attached hydrogen (secondary N) is 1. The molecule has 0 aliphatic carbocycles. The van der Waals surface area contributed by atoms with E-state index in [0.717, 1.165) is 0 Å². The highest BCUT2D eigenvalue weighted by atomic mass is 32.2. The first kappa shape index (κ1) is 9.00. The third-order valence-electron chi connectivity index (χ3n) is 2.61. The molecule has 0 amide bonds. The van der Waals surface area contributed by atoms with E-state index in [1.807, 2.05) is 6.92 Å². The van der Waals surface area contributed by atoms with E-state index in [4.69, 9.17) is 0 Å². The SMILES string of the molecule is CC(C)C1(C)CNS(=O)(=O)C1. The van der Waals surface area contributed by atoms with Crippen molar-refractivity contribution in [2.24, 2.45) is 11.3 Å². The predicted molar refractivity (Wildman–Crippen MR) is 44.7 cm³/mol. The van der Waals surface area contributed by atoms with E-state index in [1.54, 1.807) is 0 Å². The van der Waals surface area contributed by atoms with Gasteiger partial charge in [-0.15, -0.1) is 0 Å². The lowest BCUT2D eigenvalue weighted by atomic mass is 9.81. The van der Waals surface area contributed by atoms with Crippen LogP contribution < -0.4 is 4.72 Å². The second kappa shape index (κ2) is 2.45. The molecule has 0 spiro atoms. The first-order valence-corrected chi connectivity index (χ1v) is 5.48. The number of sulfonamides is 1. The van der Waals surface area contributed by atoms with Crippen LogP contribution in [0.2, 0.25) is 0 Å². The summed E-state index contributed by atoms with van der Waals surface area (Å²) in [6.07, 6.45) is 0. The lowest BCUT2D eigenvalue weighted by Gasteiger charge is -2.25. The molecule has 1 saturated heterocycles. The van der Waals surface area contributed by atoms with Gasteiger partial charge in [-0.25, -0.2) is 13.1 Å². The molecule has 4 heteroatoms. The minimum absolute atomic E-state index is 0.0706. The molecule has 1 aliphatic heterocycles. The van der Waals surface area contributed by atoms with Gasteiger partial charge in [0.2, 0.25) is 10.0 Å². The fourth-order valence-electron chi connectivity index (χ4n) is 1.18. The van der Waals surface area contributed by atoms with Crippen LogP contribution in [0.5, 0.6) is 0 Å². The van der Waals surface area contributed by atoms with Crippen LogP contribution in [0.1, 0.15) is 20.8 Å². The van der Waals surface area contributed by atoms with E-state index < -0.39 is 10.0 Å². The fraction of sp³-hybridized carbons (Fsp3) is 1.00. The summed E-state index contributed by atoms with van der Waals surface area (Å²) in [5.41, 5.74) is -0.0706. The van der Waals surface area contributed by atoms with Crippen molar-refractivity contribution < 1.29 is 8.42 Å². The zero-order chi connectivity index (χ0) is 8.70. The van der Waals surface area contributed by atoms with Gasteiger partial charge in [0.05, 0.1) is 5.75 Å². The molecule has 0 saturated carbocycles. The first-order valence-electron chi connectivity index (χ1n) is 3.83. The Hall–Kier alpha value is -0.0900. The normalized spacial score (nSPS) is 36.4. The molecule has 1 aliphatic rings. The summed E-state index contributed by atoms with van der Waals surface area (Å²) in [6, 6.07) is 0.